The summed E-state index contributed by atoms with van der Waals surface area (Å²) < 4.78 is 1.88. The van der Waals surface area contributed by atoms with Gasteiger partial charge < -0.3 is 15.0 Å². The first kappa shape index (κ1) is 17.5. The molecule has 128 valence electrons. The first-order chi connectivity index (χ1) is 12.0. The number of aromatic nitrogens is 2. The number of halogens is 2. The second-order valence-electron chi connectivity index (χ2n) is 5.35. The van der Waals surface area contributed by atoms with Crippen LogP contribution >= 0.6 is 27.5 Å². The van der Waals surface area contributed by atoms with Crippen molar-refractivity contribution in [2.75, 3.05) is 12.4 Å². The van der Waals surface area contributed by atoms with Gasteiger partial charge in [-0.3, -0.25) is 4.79 Å². The monoisotopic (exact) mass is 418 g/mol. The largest absolute Gasteiger partial charge is 0.387 e. The molecule has 2 aromatic heterocycles. The lowest BCUT2D eigenvalue weighted by atomic mass is 10.2. The summed E-state index contributed by atoms with van der Waals surface area (Å²) in [6.45, 7) is 3.95. The molecule has 1 aromatic carbocycles. The van der Waals surface area contributed by atoms with Gasteiger partial charge in [-0.05, 0) is 24.3 Å². The maximum atomic E-state index is 12.7. The minimum absolute atomic E-state index is 0.268. The molecule has 0 radical (unpaired) electrons. The maximum Gasteiger partial charge on any atom is 0.259 e. The van der Waals surface area contributed by atoms with Gasteiger partial charge in [0.15, 0.2) is 5.65 Å². The molecule has 7 heteroatoms. The van der Waals surface area contributed by atoms with E-state index in [4.69, 9.17) is 11.6 Å². The Balaban J connectivity index is 2.05. The number of para-hydroxylation sites is 1. The molecule has 0 atom stereocenters. The molecule has 0 aliphatic heterocycles. The number of amides is 1. The Hall–Kier alpha value is -2.31. The van der Waals surface area contributed by atoms with Crippen LogP contribution in [0.2, 0.25) is 5.02 Å². The van der Waals surface area contributed by atoms with E-state index in [0.29, 0.717) is 38.6 Å². The van der Waals surface area contributed by atoms with Crippen molar-refractivity contribution in [3.05, 3.63) is 71.1 Å². The van der Waals surface area contributed by atoms with Gasteiger partial charge in [0, 0.05) is 24.3 Å². The van der Waals surface area contributed by atoms with Crippen LogP contribution < -0.4 is 10.6 Å². The van der Waals surface area contributed by atoms with Gasteiger partial charge in [0.1, 0.15) is 0 Å². The highest BCUT2D eigenvalue weighted by atomic mass is 79.9. The molecule has 25 heavy (non-hydrogen) atoms. The maximum absolute atomic E-state index is 12.7. The third-order valence-electron chi connectivity index (χ3n) is 3.81. The van der Waals surface area contributed by atoms with E-state index < -0.39 is 0 Å². The van der Waals surface area contributed by atoms with E-state index in [2.05, 4.69) is 38.1 Å². The van der Waals surface area contributed by atoms with E-state index >= 15 is 0 Å². The molecule has 3 rings (SSSR count). The van der Waals surface area contributed by atoms with Crippen molar-refractivity contribution in [3.63, 3.8) is 0 Å². The van der Waals surface area contributed by atoms with Crippen LogP contribution in [0.5, 0.6) is 0 Å². The van der Waals surface area contributed by atoms with Crippen LogP contribution in [0.4, 0.5) is 5.69 Å². The lowest BCUT2D eigenvalue weighted by Gasteiger charge is -2.10. The van der Waals surface area contributed by atoms with Crippen molar-refractivity contribution in [2.45, 2.75) is 5.33 Å². The molecule has 2 heterocycles. The summed E-state index contributed by atoms with van der Waals surface area (Å²) in [5, 5.41) is 6.92. The second-order valence-corrected chi connectivity index (χ2v) is 6.32. The molecule has 0 fully saturated rings. The Bertz CT molecular complexity index is 967. The highest BCUT2D eigenvalue weighted by molar-refractivity contribution is 9.08. The van der Waals surface area contributed by atoms with Crippen LogP contribution in [0.3, 0.4) is 0 Å². The van der Waals surface area contributed by atoms with Gasteiger partial charge in [0.2, 0.25) is 0 Å². The second kappa shape index (κ2) is 7.29. The van der Waals surface area contributed by atoms with Gasteiger partial charge >= 0.3 is 0 Å². The lowest BCUT2D eigenvalue weighted by molar-refractivity contribution is 0.102. The molecule has 3 aromatic rings. The Morgan fingerprint density at radius 3 is 2.80 bits per heavy atom. The smallest absolute Gasteiger partial charge is 0.259 e. The number of hydrogen-bond donors (Lipinski definition) is 2. The molecule has 1 amide bonds. The number of fused-ring (bicyclic) bond motifs is 1. The molecular formula is C18H16BrClN4O. The molecule has 0 bridgehead atoms. The fourth-order valence-electron chi connectivity index (χ4n) is 2.46. The van der Waals surface area contributed by atoms with Crippen molar-refractivity contribution in [1.82, 2.24) is 14.7 Å². The fraction of sp³-hybridized carbons (Fsp3) is 0.111. The fourth-order valence-corrected chi connectivity index (χ4v) is 3.07. The zero-order chi connectivity index (χ0) is 18.0. The van der Waals surface area contributed by atoms with Crippen LogP contribution in [-0.4, -0.2) is 22.3 Å². The molecule has 0 saturated heterocycles. The summed E-state index contributed by atoms with van der Waals surface area (Å²) in [6, 6.07) is 10.8. The first-order valence-corrected chi connectivity index (χ1v) is 9.05. The van der Waals surface area contributed by atoms with E-state index in [1.165, 1.54) is 0 Å². The molecular weight excluding hydrogens is 404 g/mol. The number of carbonyl (C=O) groups is 1. The van der Waals surface area contributed by atoms with Crippen molar-refractivity contribution >= 4 is 50.5 Å². The number of benzene rings is 1. The standard InChI is InChI=1S/C18H16BrClN4O/c1-11(21-2)16-9-12(10-19)24-8-7-13(17(24)22-16)18(25)23-15-6-4-3-5-14(15)20/h3-9,21H,1,10H2,2H3,(H,23,25). The van der Waals surface area contributed by atoms with Gasteiger partial charge in [0.05, 0.1) is 27.7 Å². The van der Waals surface area contributed by atoms with Crippen LogP contribution in [0.25, 0.3) is 11.3 Å². The normalized spacial score (nSPS) is 10.7. The summed E-state index contributed by atoms with van der Waals surface area (Å²) in [5.74, 6) is -0.268. The van der Waals surface area contributed by atoms with E-state index in [1.54, 1.807) is 25.2 Å². The van der Waals surface area contributed by atoms with E-state index in [9.17, 15) is 4.79 Å². The average molecular weight is 420 g/mol. The first-order valence-electron chi connectivity index (χ1n) is 7.55. The summed E-state index contributed by atoms with van der Waals surface area (Å²) in [6.07, 6.45) is 1.83. The third kappa shape index (κ3) is 3.41. The number of alkyl halides is 1. The van der Waals surface area contributed by atoms with Gasteiger partial charge in [-0.25, -0.2) is 4.98 Å². The van der Waals surface area contributed by atoms with Crippen LogP contribution in [-0.2, 0) is 5.33 Å². The molecule has 0 aliphatic carbocycles. The van der Waals surface area contributed by atoms with E-state index in [0.717, 1.165) is 5.69 Å². The zero-order valence-corrected chi connectivity index (χ0v) is 15.9. The van der Waals surface area contributed by atoms with Crippen molar-refractivity contribution in [3.8, 4) is 0 Å². The predicted octanol–water partition coefficient (Wildman–Crippen LogP) is 4.33. The van der Waals surface area contributed by atoms with Crippen molar-refractivity contribution in [1.29, 1.82) is 0 Å². The SMILES string of the molecule is C=C(NC)c1cc(CBr)n2ccc(C(=O)Nc3ccccc3Cl)c2n1. The quantitative estimate of drug-likeness (QED) is 0.605. The van der Waals surface area contributed by atoms with Crippen molar-refractivity contribution in [2.24, 2.45) is 0 Å². The predicted molar refractivity (Wildman–Crippen MR) is 105 cm³/mol. The number of anilines is 1. The number of rotatable bonds is 5. The van der Waals surface area contributed by atoms with Gasteiger partial charge in [-0.1, -0.05) is 46.2 Å². The Kier molecular flexibility index (Phi) is 5.11. The van der Waals surface area contributed by atoms with E-state index in [1.807, 2.05) is 28.8 Å². The van der Waals surface area contributed by atoms with Gasteiger partial charge in [0.25, 0.3) is 5.91 Å². The number of nitrogens with one attached hydrogen (secondary N) is 2. The lowest BCUT2D eigenvalue weighted by Crippen LogP contribution is -2.13. The van der Waals surface area contributed by atoms with Gasteiger partial charge in [-0.15, -0.1) is 0 Å². The highest BCUT2D eigenvalue weighted by Gasteiger charge is 2.17. The highest BCUT2D eigenvalue weighted by Crippen LogP contribution is 2.23. The number of carbonyl (C=O) groups excluding carboxylic acids is 1. The molecule has 0 unspecified atom stereocenters. The van der Waals surface area contributed by atoms with Crippen LogP contribution in [0, 0.1) is 0 Å². The Labute approximate surface area is 158 Å². The van der Waals surface area contributed by atoms with Crippen LogP contribution in [0.15, 0.2) is 49.2 Å². The number of nitrogens with zero attached hydrogens (tertiary/aromatic N) is 2. The van der Waals surface area contributed by atoms with Crippen LogP contribution in [0.1, 0.15) is 21.7 Å². The average Bonchev–Trinajstić information content (AvgIpc) is 3.06. The Morgan fingerprint density at radius 2 is 2.12 bits per heavy atom. The zero-order valence-electron chi connectivity index (χ0n) is 13.5. The van der Waals surface area contributed by atoms with E-state index in [-0.39, 0.29) is 5.91 Å². The topological polar surface area (TPSA) is 58.4 Å². The summed E-state index contributed by atoms with van der Waals surface area (Å²) >= 11 is 9.60. The minimum atomic E-state index is -0.268. The van der Waals surface area contributed by atoms with Crippen molar-refractivity contribution < 1.29 is 4.79 Å². The summed E-state index contributed by atoms with van der Waals surface area (Å²) in [5.41, 5.74) is 3.93. The number of hydrogen-bond acceptors (Lipinski definition) is 3. The third-order valence-corrected chi connectivity index (χ3v) is 4.72. The molecule has 0 spiro atoms. The Morgan fingerprint density at radius 1 is 1.36 bits per heavy atom. The molecule has 0 saturated carbocycles. The molecule has 5 nitrogen and oxygen atoms in total. The molecule has 2 N–H and O–H groups in total. The molecule has 0 aliphatic rings. The summed E-state index contributed by atoms with van der Waals surface area (Å²) in [7, 11) is 1.78. The minimum Gasteiger partial charge on any atom is -0.387 e. The van der Waals surface area contributed by atoms with Gasteiger partial charge in [-0.2, -0.15) is 0 Å². The summed E-state index contributed by atoms with van der Waals surface area (Å²) in [4.78, 5) is 17.3.